The van der Waals surface area contributed by atoms with E-state index in [0.29, 0.717) is 47.5 Å². The van der Waals surface area contributed by atoms with E-state index in [4.69, 9.17) is 9.72 Å². The summed E-state index contributed by atoms with van der Waals surface area (Å²) in [5, 5.41) is 6.06. The van der Waals surface area contributed by atoms with Gasteiger partial charge in [-0.05, 0) is 62.5 Å². The number of nitrogens with one attached hydrogen (secondary N) is 2. The normalized spacial score (nSPS) is 13.2. The number of rotatable bonds is 14. The predicted molar refractivity (Wildman–Crippen MR) is 188 cm³/mol. The predicted octanol–water partition coefficient (Wildman–Crippen LogP) is 5.07. The van der Waals surface area contributed by atoms with Crippen molar-refractivity contribution in [1.29, 1.82) is 0 Å². The zero-order valence-electron chi connectivity index (χ0n) is 27.2. The lowest BCUT2D eigenvalue weighted by atomic mass is 10.1. The van der Waals surface area contributed by atoms with Crippen molar-refractivity contribution < 1.29 is 14.3 Å². The smallest absolute Gasteiger partial charge is 0.247 e. The first-order chi connectivity index (χ1) is 22.9. The lowest BCUT2D eigenvalue weighted by Gasteiger charge is -2.34. The van der Waals surface area contributed by atoms with E-state index in [9.17, 15) is 9.59 Å². The summed E-state index contributed by atoms with van der Waals surface area (Å²) >= 11 is 0. The van der Waals surface area contributed by atoms with E-state index >= 15 is 0 Å². The summed E-state index contributed by atoms with van der Waals surface area (Å²) in [6, 6.07) is 23.3. The molecule has 0 saturated carbocycles. The summed E-state index contributed by atoms with van der Waals surface area (Å²) in [6.45, 7) is 8.91. The molecule has 0 bridgehead atoms. The van der Waals surface area contributed by atoms with Crippen molar-refractivity contribution in [3.05, 3.63) is 103 Å². The Labute approximate surface area is 276 Å². The second kappa shape index (κ2) is 15.8. The molecule has 0 radical (unpaired) electrons. The van der Waals surface area contributed by atoms with Gasteiger partial charge in [0.2, 0.25) is 18.3 Å². The molecule has 5 rings (SSSR count). The third-order valence-corrected chi connectivity index (χ3v) is 8.11. The molecule has 0 unspecified atom stereocenters. The number of likely N-dealkylation sites (N-methyl/N-ethyl adjacent to an activating group) is 2. The Balaban J connectivity index is 1.43. The molecule has 2 amide bonds. The molecule has 11 heteroatoms. The van der Waals surface area contributed by atoms with Gasteiger partial charge < -0.3 is 30.1 Å². The van der Waals surface area contributed by atoms with Crippen LogP contribution >= 0.6 is 0 Å². The quantitative estimate of drug-likeness (QED) is 0.145. The van der Waals surface area contributed by atoms with E-state index in [2.05, 4.69) is 69.2 Å². The Morgan fingerprint density at radius 1 is 1.04 bits per heavy atom. The topological polar surface area (TPSA) is 106 Å². The van der Waals surface area contributed by atoms with Crippen LogP contribution in [0.25, 0.3) is 0 Å². The molecule has 0 atom stereocenters. The molecule has 0 spiro atoms. The van der Waals surface area contributed by atoms with Crippen LogP contribution in [0, 0.1) is 0 Å². The largest absolute Gasteiger partial charge is 0.494 e. The molecule has 2 N–H and O–H groups in total. The maximum absolute atomic E-state index is 12.7. The second-order valence-corrected chi connectivity index (χ2v) is 11.5. The highest BCUT2D eigenvalue weighted by Gasteiger charge is 2.20. The van der Waals surface area contributed by atoms with Gasteiger partial charge in [-0.15, -0.1) is 0 Å². The molecule has 2 heterocycles. The highest BCUT2D eigenvalue weighted by molar-refractivity contribution is 5.99. The number of anilines is 6. The van der Waals surface area contributed by atoms with Crippen molar-refractivity contribution in [3.63, 3.8) is 0 Å². The molecular formula is C36H42N8O3. The molecule has 1 aliphatic rings. The van der Waals surface area contributed by atoms with Gasteiger partial charge in [0, 0.05) is 68.5 Å². The number of carbonyl (C=O) groups excluding carboxylic acids is 2. The fraction of sp³-hybridized carbons (Fsp3) is 0.278. The van der Waals surface area contributed by atoms with Crippen molar-refractivity contribution in [2.75, 3.05) is 74.4 Å². The average Bonchev–Trinajstić information content (AvgIpc) is 3.09. The first kappa shape index (κ1) is 33.1. The van der Waals surface area contributed by atoms with Crippen molar-refractivity contribution >= 4 is 46.8 Å². The maximum atomic E-state index is 12.7. The van der Waals surface area contributed by atoms with Gasteiger partial charge >= 0.3 is 0 Å². The van der Waals surface area contributed by atoms with Crippen LogP contribution in [-0.2, 0) is 22.6 Å². The number of benzene rings is 3. The maximum Gasteiger partial charge on any atom is 0.247 e. The molecule has 1 aliphatic heterocycles. The second-order valence-electron chi connectivity index (χ2n) is 11.5. The first-order valence-electron chi connectivity index (χ1n) is 15.6. The summed E-state index contributed by atoms with van der Waals surface area (Å²) in [7, 11) is 5.84. The summed E-state index contributed by atoms with van der Waals surface area (Å²) in [4.78, 5) is 42.5. The van der Waals surface area contributed by atoms with Crippen LogP contribution in [0.3, 0.4) is 0 Å². The summed E-state index contributed by atoms with van der Waals surface area (Å²) in [6.07, 6.45) is 4.27. The molecule has 3 aromatic carbocycles. The zero-order chi connectivity index (χ0) is 33.2. The van der Waals surface area contributed by atoms with E-state index in [-0.39, 0.29) is 5.91 Å². The lowest BCUT2D eigenvalue weighted by Crippen LogP contribution is -2.44. The molecule has 1 saturated heterocycles. The van der Waals surface area contributed by atoms with Crippen LogP contribution in [0.5, 0.6) is 5.75 Å². The van der Waals surface area contributed by atoms with Crippen LogP contribution in [0.2, 0.25) is 0 Å². The molecule has 244 valence electrons. The molecule has 4 aromatic rings. The van der Waals surface area contributed by atoms with Gasteiger partial charge in [-0.1, -0.05) is 43.0 Å². The first-order valence-corrected chi connectivity index (χ1v) is 15.6. The number of nitrogens with zero attached hydrogens (tertiary/aromatic N) is 6. The number of ether oxygens (including phenoxy) is 1. The molecule has 47 heavy (non-hydrogen) atoms. The molecule has 1 aromatic heterocycles. The Kier molecular flexibility index (Phi) is 11.2. The Morgan fingerprint density at radius 2 is 1.83 bits per heavy atom. The van der Waals surface area contributed by atoms with E-state index in [0.717, 1.165) is 50.4 Å². The average molecular weight is 635 g/mol. The summed E-state index contributed by atoms with van der Waals surface area (Å²) < 4.78 is 5.76. The SMILES string of the molecule is C=CC(=O)Nc1cccc(N(C=O)c2nc(Nc3ccc(N4CCN(C)CC4)cc3OC)ncc2CCN(C)Cc2ccccc2)c1. The lowest BCUT2D eigenvalue weighted by molar-refractivity contribution is -0.112. The number of methoxy groups -OCH3 is 1. The van der Waals surface area contributed by atoms with Crippen molar-refractivity contribution in [2.45, 2.75) is 13.0 Å². The van der Waals surface area contributed by atoms with Gasteiger partial charge in [-0.3, -0.25) is 14.5 Å². The number of piperazine rings is 1. The van der Waals surface area contributed by atoms with E-state index in [1.807, 2.05) is 30.3 Å². The third kappa shape index (κ3) is 8.72. The Hall–Kier alpha value is -5.26. The van der Waals surface area contributed by atoms with Gasteiger partial charge in [-0.2, -0.15) is 4.98 Å². The van der Waals surface area contributed by atoms with Gasteiger partial charge in [0.15, 0.2) is 0 Å². The summed E-state index contributed by atoms with van der Waals surface area (Å²) in [5.74, 6) is 1.07. The van der Waals surface area contributed by atoms with Gasteiger partial charge in [0.1, 0.15) is 11.6 Å². The van der Waals surface area contributed by atoms with Crippen molar-refractivity contribution in [3.8, 4) is 5.75 Å². The van der Waals surface area contributed by atoms with Crippen LogP contribution in [0.1, 0.15) is 11.1 Å². The highest BCUT2D eigenvalue weighted by Crippen LogP contribution is 2.34. The van der Waals surface area contributed by atoms with Gasteiger partial charge in [-0.25, -0.2) is 4.98 Å². The Bertz CT molecular complexity index is 1670. The molecule has 11 nitrogen and oxygen atoms in total. The number of hydrogen-bond donors (Lipinski definition) is 2. The monoisotopic (exact) mass is 634 g/mol. The minimum atomic E-state index is -0.344. The van der Waals surface area contributed by atoms with Crippen LogP contribution in [-0.4, -0.2) is 86.0 Å². The minimum absolute atomic E-state index is 0.315. The van der Waals surface area contributed by atoms with Crippen LogP contribution in [0.15, 0.2) is 91.6 Å². The van der Waals surface area contributed by atoms with Gasteiger partial charge in [0.05, 0.1) is 18.5 Å². The molecule has 1 fully saturated rings. The molecule has 0 aliphatic carbocycles. The van der Waals surface area contributed by atoms with Gasteiger partial charge in [0.25, 0.3) is 0 Å². The number of aromatic nitrogens is 2. The van der Waals surface area contributed by atoms with Crippen molar-refractivity contribution in [1.82, 2.24) is 19.8 Å². The number of amides is 2. The van der Waals surface area contributed by atoms with E-state index < -0.39 is 0 Å². The fourth-order valence-corrected chi connectivity index (χ4v) is 5.45. The van der Waals surface area contributed by atoms with E-state index in [1.54, 1.807) is 37.6 Å². The minimum Gasteiger partial charge on any atom is -0.494 e. The number of hydrogen-bond acceptors (Lipinski definition) is 9. The van der Waals surface area contributed by atoms with Crippen molar-refractivity contribution in [2.24, 2.45) is 0 Å². The number of carbonyl (C=O) groups is 2. The Morgan fingerprint density at radius 3 is 2.55 bits per heavy atom. The zero-order valence-corrected chi connectivity index (χ0v) is 27.2. The van der Waals surface area contributed by atoms with E-state index in [1.165, 1.54) is 16.5 Å². The van der Waals surface area contributed by atoms with Crippen LogP contribution < -0.4 is 25.2 Å². The summed E-state index contributed by atoms with van der Waals surface area (Å²) in [5.41, 5.74) is 4.87. The fourth-order valence-electron chi connectivity index (χ4n) is 5.45. The highest BCUT2D eigenvalue weighted by atomic mass is 16.5. The third-order valence-electron chi connectivity index (χ3n) is 8.11. The standard InChI is InChI=1S/C36H42N8O3/c1-5-34(46)38-29-12-9-13-31(22-29)44(26-45)35-28(16-17-42(3)25-27-10-7-6-8-11-27)24-37-36(40-35)39-32-15-14-30(23-33(32)47-4)43-20-18-41(2)19-21-43/h5-15,22-24,26H,1,16-21,25H2,2-4H3,(H,38,46)(H,37,39,40). The van der Waals surface area contributed by atoms with Crippen LogP contribution in [0.4, 0.5) is 34.5 Å². The molecular weight excluding hydrogens is 592 g/mol.